The summed E-state index contributed by atoms with van der Waals surface area (Å²) < 4.78 is 48.5. The Hall–Kier alpha value is -2.16. The second kappa shape index (κ2) is 10.0. The molecule has 0 heterocycles. The number of methoxy groups -OCH3 is 1. The van der Waals surface area contributed by atoms with E-state index in [1.54, 1.807) is 11.0 Å². The fourth-order valence-corrected chi connectivity index (χ4v) is 3.80. The molecule has 0 saturated carbocycles. The quantitative estimate of drug-likeness (QED) is 0.550. The van der Waals surface area contributed by atoms with Gasteiger partial charge in [0, 0.05) is 30.8 Å². The summed E-state index contributed by atoms with van der Waals surface area (Å²) in [6, 6.07) is 8.77. The summed E-state index contributed by atoms with van der Waals surface area (Å²) >= 11 is 6.08. The first-order chi connectivity index (χ1) is 13.6. The molecule has 0 atom stereocenters. The van der Waals surface area contributed by atoms with Gasteiger partial charge in [0.2, 0.25) is 5.91 Å². The average molecular weight is 444 g/mol. The maximum atomic E-state index is 13.1. The average Bonchev–Trinajstić information content (AvgIpc) is 2.63. The number of carbonyl (C=O) groups is 1. The van der Waals surface area contributed by atoms with Crippen LogP contribution in [0.5, 0.6) is 5.75 Å². The van der Waals surface area contributed by atoms with Gasteiger partial charge in [-0.25, -0.2) is 4.39 Å². The predicted molar refractivity (Wildman–Crippen MR) is 108 cm³/mol. The van der Waals surface area contributed by atoms with E-state index in [0.29, 0.717) is 17.1 Å². The first-order valence-electron chi connectivity index (χ1n) is 8.87. The highest BCUT2D eigenvalue weighted by molar-refractivity contribution is 7.87. The van der Waals surface area contributed by atoms with Gasteiger partial charge in [-0.2, -0.15) is 8.42 Å². The molecule has 158 valence electrons. The molecule has 2 rings (SSSR count). The summed E-state index contributed by atoms with van der Waals surface area (Å²) in [6.07, 6.45) is 0. The molecule has 1 amide bonds. The van der Waals surface area contributed by atoms with Crippen LogP contribution in [0.4, 0.5) is 4.39 Å². The molecule has 29 heavy (non-hydrogen) atoms. The van der Waals surface area contributed by atoms with Crippen LogP contribution in [0.25, 0.3) is 0 Å². The van der Waals surface area contributed by atoms with E-state index in [4.69, 9.17) is 20.5 Å². The topological polar surface area (TPSA) is 72.9 Å². The Morgan fingerprint density at radius 2 is 1.83 bits per heavy atom. The summed E-state index contributed by atoms with van der Waals surface area (Å²) in [7, 11) is -2.77. The zero-order valence-corrected chi connectivity index (χ0v) is 18.0. The van der Waals surface area contributed by atoms with Crippen molar-refractivity contribution in [2.75, 3.05) is 20.3 Å². The van der Waals surface area contributed by atoms with E-state index in [0.717, 1.165) is 24.3 Å². The lowest BCUT2D eigenvalue weighted by atomic mass is 10.1. The van der Waals surface area contributed by atoms with Gasteiger partial charge in [-0.3, -0.25) is 4.79 Å². The summed E-state index contributed by atoms with van der Waals surface area (Å²) in [5, 5.41) is 0.371. The first kappa shape index (κ1) is 23.1. The van der Waals surface area contributed by atoms with Gasteiger partial charge >= 0.3 is 10.1 Å². The van der Waals surface area contributed by atoms with E-state index in [-0.39, 0.29) is 35.6 Å². The van der Waals surface area contributed by atoms with Crippen LogP contribution < -0.4 is 4.18 Å². The lowest BCUT2D eigenvalue weighted by molar-refractivity contribution is -0.136. The molecule has 0 N–H and O–H groups in total. The monoisotopic (exact) mass is 443 g/mol. The highest BCUT2D eigenvalue weighted by Gasteiger charge is 2.22. The molecule has 0 bridgehead atoms. The van der Waals surface area contributed by atoms with Crippen LogP contribution in [0, 0.1) is 11.7 Å². The Bertz CT molecular complexity index is 948. The number of nitrogens with zero attached hydrogens (tertiary/aromatic N) is 1. The highest BCUT2D eigenvalue weighted by atomic mass is 35.5. The van der Waals surface area contributed by atoms with Crippen molar-refractivity contribution >= 4 is 27.6 Å². The van der Waals surface area contributed by atoms with Gasteiger partial charge in [0.05, 0.1) is 0 Å². The van der Waals surface area contributed by atoms with E-state index in [9.17, 15) is 17.6 Å². The molecule has 0 spiro atoms. The van der Waals surface area contributed by atoms with Gasteiger partial charge < -0.3 is 13.8 Å². The van der Waals surface area contributed by atoms with Crippen molar-refractivity contribution in [2.45, 2.75) is 25.3 Å². The Morgan fingerprint density at radius 3 is 2.41 bits per heavy atom. The molecule has 0 fully saturated rings. The van der Waals surface area contributed by atoms with E-state index in [1.807, 2.05) is 13.8 Å². The van der Waals surface area contributed by atoms with Gasteiger partial charge in [-0.15, -0.1) is 0 Å². The first-order valence-corrected chi connectivity index (χ1v) is 10.7. The Morgan fingerprint density at radius 1 is 1.17 bits per heavy atom. The van der Waals surface area contributed by atoms with Gasteiger partial charge in [0.25, 0.3) is 0 Å². The molecule has 6 nitrogen and oxygen atoms in total. The third kappa shape index (κ3) is 6.69. The molecular weight excluding hydrogens is 421 g/mol. The zero-order chi connectivity index (χ0) is 21.6. The molecule has 0 aliphatic carbocycles. The minimum absolute atomic E-state index is 0.0395. The number of amides is 1. The largest absolute Gasteiger partial charge is 0.379 e. The molecule has 0 unspecified atom stereocenters. The Labute approximate surface area is 175 Å². The number of benzene rings is 2. The molecule has 2 aromatic rings. The van der Waals surface area contributed by atoms with Gasteiger partial charge in [-0.05, 0) is 48.4 Å². The Kier molecular flexibility index (Phi) is 8.01. The van der Waals surface area contributed by atoms with Crippen LogP contribution >= 0.6 is 11.6 Å². The van der Waals surface area contributed by atoms with Crippen molar-refractivity contribution in [3.63, 3.8) is 0 Å². The van der Waals surface area contributed by atoms with Crippen LogP contribution in [0.1, 0.15) is 19.4 Å². The minimum atomic E-state index is -4.19. The van der Waals surface area contributed by atoms with Crippen LogP contribution in [0.3, 0.4) is 0 Å². The number of hydrogen-bond donors (Lipinski definition) is 0. The lowest BCUT2D eigenvalue weighted by Gasteiger charge is -2.25. The summed E-state index contributed by atoms with van der Waals surface area (Å²) in [5.74, 6) is -0.578. The maximum absolute atomic E-state index is 13.1. The predicted octanol–water partition coefficient (Wildman–Crippen LogP) is 3.88. The van der Waals surface area contributed by atoms with Crippen molar-refractivity contribution in [1.29, 1.82) is 0 Å². The van der Waals surface area contributed by atoms with Crippen LogP contribution in [0.15, 0.2) is 47.4 Å². The standard InChI is InChI=1S/C20H23ClFNO5S/c1-14(2)11-23(20(24)13-27-3)12-15-10-16(21)4-9-19(15)28-29(25,26)18-7-5-17(22)6-8-18/h4-10,14H,11-13H2,1-3H3. The van der Waals surface area contributed by atoms with Gasteiger partial charge in [0.1, 0.15) is 23.1 Å². The molecule has 9 heteroatoms. The molecule has 0 saturated heterocycles. The fraction of sp³-hybridized carbons (Fsp3) is 0.350. The van der Waals surface area contributed by atoms with E-state index in [2.05, 4.69) is 0 Å². The number of hydrogen-bond acceptors (Lipinski definition) is 5. The second-order valence-electron chi connectivity index (χ2n) is 6.84. The van der Waals surface area contributed by atoms with Crippen molar-refractivity contribution in [1.82, 2.24) is 4.90 Å². The zero-order valence-electron chi connectivity index (χ0n) is 16.4. The molecule has 0 aromatic heterocycles. The number of ether oxygens (including phenoxy) is 1. The summed E-state index contributed by atoms with van der Waals surface area (Å²) in [4.78, 5) is 13.8. The number of halogens is 2. The van der Waals surface area contributed by atoms with Crippen molar-refractivity contribution < 1.29 is 26.5 Å². The fourth-order valence-electron chi connectivity index (χ4n) is 2.64. The van der Waals surface area contributed by atoms with Crippen LogP contribution in [-0.4, -0.2) is 39.5 Å². The summed E-state index contributed by atoms with van der Waals surface area (Å²) in [6.45, 7) is 4.36. The second-order valence-corrected chi connectivity index (χ2v) is 8.83. The SMILES string of the molecule is COCC(=O)N(Cc1cc(Cl)ccc1OS(=O)(=O)c1ccc(F)cc1)CC(C)C. The van der Waals surface area contributed by atoms with Crippen LogP contribution in [-0.2, 0) is 26.2 Å². The van der Waals surface area contributed by atoms with E-state index < -0.39 is 15.9 Å². The van der Waals surface area contributed by atoms with Gasteiger partial charge in [0.15, 0.2) is 0 Å². The van der Waals surface area contributed by atoms with Crippen molar-refractivity contribution in [3.8, 4) is 5.75 Å². The van der Waals surface area contributed by atoms with E-state index >= 15 is 0 Å². The third-order valence-corrected chi connectivity index (χ3v) is 5.38. The van der Waals surface area contributed by atoms with E-state index in [1.165, 1.54) is 19.2 Å². The van der Waals surface area contributed by atoms with Crippen molar-refractivity contribution in [3.05, 3.63) is 58.9 Å². The van der Waals surface area contributed by atoms with Gasteiger partial charge in [-0.1, -0.05) is 25.4 Å². The normalized spacial score (nSPS) is 11.5. The smallest absolute Gasteiger partial charge is 0.339 e. The third-order valence-electron chi connectivity index (χ3n) is 3.89. The number of rotatable bonds is 9. The molecule has 0 radical (unpaired) electrons. The summed E-state index contributed by atoms with van der Waals surface area (Å²) in [5.41, 5.74) is 0.424. The van der Waals surface area contributed by atoms with Crippen LogP contribution in [0.2, 0.25) is 5.02 Å². The lowest BCUT2D eigenvalue weighted by Crippen LogP contribution is -2.36. The maximum Gasteiger partial charge on any atom is 0.339 e. The molecule has 2 aromatic carbocycles. The minimum Gasteiger partial charge on any atom is -0.379 e. The molecular formula is C20H23ClFNO5S. The molecule has 0 aliphatic heterocycles. The number of carbonyl (C=O) groups excluding carboxylic acids is 1. The Balaban J connectivity index is 2.34. The molecule has 0 aliphatic rings. The van der Waals surface area contributed by atoms with Crippen molar-refractivity contribution in [2.24, 2.45) is 5.92 Å². The highest BCUT2D eigenvalue weighted by Crippen LogP contribution is 2.28.